The van der Waals surface area contributed by atoms with Crippen molar-refractivity contribution in [3.63, 3.8) is 0 Å². The lowest BCUT2D eigenvalue weighted by atomic mass is 9.44. The molecule has 7 unspecified atom stereocenters. The van der Waals surface area contributed by atoms with Crippen molar-refractivity contribution in [3.05, 3.63) is 0 Å². The molecule has 4 saturated carbocycles. The molecule has 0 bridgehead atoms. The lowest BCUT2D eigenvalue weighted by molar-refractivity contribution is -0.156. The molecule has 0 aromatic rings. The predicted octanol–water partition coefficient (Wildman–Crippen LogP) is 6.01. The van der Waals surface area contributed by atoms with E-state index in [-0.39, 0.29) is 5.41 Å². The van der Waals surface area contributed by atoms with Gasteiger partial charge in [-0.3, -0.25) is 9.59 Å². The number of amides is 1. The Morgan fingerprint density at radius 3 is 2.57 bits per heavy atom. The standard InChI is InChI=1S/C27H43NO2/c1-26-15-4-3-8-19(26)11-13-21-22-14-12-20(27(22,2)24(29)18-23(21)26)9-7-10-25(30)28-16-5-6-17-28/h19-23H,3-18H2,1-2H3. The molecule has 0 spiro atoms. The van der Waals surface area contributed by atoms with Crippen LogP contribution < -0.4 is 0 Å². The number of hydrogen-bond donors (Lipinski definition) is 0. The van der Waals surface area contributed by atoms with Crippen LogP contribution in [0.5, 0.6) is 0 Å². The molecule has 1 aliphatic heterocycles. The van der Waals surface area contributed by atoms with Crippen molar-refractivity contribution in [1.29, 1.82) is 0 Å². The Balaban J connectivity index is 1.26. The molecule has 1 saturated heterocycles. The van der Waals surface area contributed by atoms with Gasteiger partial charge in [0.15, 0.2) is 0 Å². The summed E-state index contributed by atoms with van der Waals surface area (Å²) in [6.45, 7) is 6.82. The van der Waals surface area contributed by atoms with Crippen LogP contribution >= 0.6 is 0 Å². The van der Waals surface area contributed by atoms with Gasteiger partial charge >= 0.3 is 0 Å². The quantitative estimate of drug-likeness (QED) is 0.566. The number of carbonyl (C=O) groups is 2. The van der Waals surface area contributed by atoms with Gasteiger partial charge in [-0.05, 0) is 99.2 Å². The summed E-state index contributed by atoms with van der Waals surface area (Å²) in [5, 5.41) is 0. The van der Waals surface area contributed by atoms with Crippen LogP contribution in [0, 0.1) is 40.4 Å². The average molecular weight is 414 g/mol. The Hall–Kier alpha value is -0.860. The summed E-state index contributed by atoms with van der Waals surface area (Å²) < 4.78 is 0. The van der Waals surface area contributed by atoms with E-state index in [1.807, 2.05) is 0 Å². The van der Waals surface area contributed by atoms with Gasteiger partial charge in [-0.15, -0.1) is 0 Å². The van der Waals surface area contributed by atoms with Crippen molar-refractivity contribution in [2.45, 2.75) is 104 Å². The fourth-order valence-corrected chi connectivity index (χ4v) is 9.21. The Morgan fingerprint density at radius 2 is 1.77 bits per heavy atom. The van der Waals surface area contributed by atoms with Gasteiger partial charge in [-0.25, -0.2) is 0 Å². The summed E-state index contributed by atoms with van der Waals surface area (Å²) in [7, 11) is 0. The van der Waals surface area contributed by atoms with E-state index in [4.69, 9.17) is 0 Å². The minimum Gasteiger partial charge on any atom is -0.343 e. The molecule has 0 radical (unpaired) electrons. The number of fused-ring (bicyclic) bond motifs is 5. The number of nitrogens with zero attached hydrogens (tertiary/aromatic N) is 1. The molecular formula is C27H43NO2. The molecule has 0 aromatic carbocycles. The number of ketones is 1. The van der Waals surface area contributed by atoms with Crippen molar-refractivity contribution >= 4 is 11.7 Å². The van der Waals surface area contributed by atoms with Crippen LogP contribution in [-0.2, 0) is 9.59 Å². The van der Waals surface area contributed by atoms with Crippen LogP contribution in [0.2, 0.25) is 0 Å². The lowest BCUT2D eigenvalue weighted by Gasteiger charge is -2.59. The lowest BCUT2D eigenvalue weighted by Crippen LogP contribution is -2.56. The third kappa shape index (κ3) is 3.20. The van der Waals surface area contributed by atoms with Gasteiger partial charge in [-0.1, -0.05) is 26.7 Å². The maximum absolute atomic E-state index is 13.7. The fourth-order valence-electron chi connectivity index (χ4n) is 9.21. The van der Waals surface area contributed by atoms with E-state index in [2.05, 4.69) is 18.7 Å². The zero-order valence-electron chi connectivity index (χ0n) is 19.5. The Bertz CT molecular complexity index is 682. The maximum atomic E-state index is 13.7. The van der Waals surface area contributed by atoms with Crippen LogP contribution in [0.4, 0.5) is 0 Å². The number of Topliss-reactive ketones (excluding diaryl/α,β-unsaturated/α-hetero) is 1. The average Bonchev–Trinajstić information content (AvgIpc) is 3.38. The van der Waals surface area contributed by atoms with E-state index in [0.29, 0.717) is 41.3 Å². The predicted molar refractivity (Wildman–Crippen MR) is 120 cm³/mol. The molecule has 0 aromatic heterocycles. The molecule has 5 fully saturated rings. The van der Waals surface area contributed by atoms with Crippen molar-refractivity contribution in [1.82, 2.24) is 4.90 Å². The third-order valence-electron chi connectivity index (χ3n) is 11.0. The molecule has 1 amide bonds. The van der Waals surface area contributed by atoms with Gasteiger partial charge in [0.05, 0.1) is 0 Å². The van der Waals surface area contributed by atoms with E-state index in [9.17, 15) is 9.59 Å². The van der Waals surface area contributed by atoms with Crippen LogP contribution in [0.1, 0.15) is 104 Å². The number of carbonyl (C=O) groups excluding carboxylic acids is 2. The molecule has 0 N–H and O–H groups in total. The van der Waals surface area contributed by atoms with Gasteiger partial charge in [0.1, 0.15) is 5.78 Å². The Morgan fingerprint density at radius 1 is 0.967 bits per heavy atom. The fraction of sp³-hybridized carbons (Fsp3) is 0.926. The highest BCUT2D eigenvalue weighted by Gasteiger charge is 2.62. The SMILES string of the molecule is CC12CCCCC1CCC1C2CC(=O)C2(C)C(CCCC(=O)N3CCCC3)CCC12. The first kappa shape index (κ1) is 21.0. The molecule has 5 aliphatic rings. The summed E-state index contributed by atoms with van der Waals surface area (Å²) in [6, 6.07) is 0. The monoisotopic (exact) mass is 413 g/mol. The van der Waals surface area contributed by atoms with Gasteiger partial charge in [0.2, 0.25) is 5.91 Å². The van der Waals surface area contributed by atoms with Crippen LogP contribution in [-0.4, -0.2) is 29.7 Å². The molecule has 3 heteroatoms. The maximum Gasteiger partial charge on any atom is 0.222 e. The van der Waals surface area contributed by atoms with E-state index >= 15 is 0 Å². The van der Waals surface area contributed by atoms with Crippen LogP contribution in [0.15, 0.2) is 0 Å². The molecule has 5 rings (SSSR count). The summed E-state index contributed by atoms with van der Waals surface area (Å²) >= 11 is 0. The molecule has 168 valence electrons. The Labute approximate surface area is 183 Å². The second kappa shape index (κ2) is 7.93. The zero-order chi connectivity index (χ0) is 20.9. The van der Waals surface area contributed by atoms with E-state index < -0.39 is 0 Å². The van der Waals surface area contributed by atoms with E-state index in [0.717, 1.165) is 44.2 Å². The van der Waals surface area contributed by atoms with E-state index in [1.165, 1.54) is 64.2 Å². The van der Waals surface area contributed by atoms with E-state index in [1.54, 1.807) is 0 Å². The van der Waals surface area contributed by atoms with Gasteiger partial charge in [0.25, 0.3) is 0 Å². The third-order valence-corrected chi connectivity index (χ3v) is 11.0. The summed E-state index contributed by atoms with van der Waals surface area (Å²) in [5.74, 6) is 4.38. The van der Waals surface area contributed by atoms with Crippen molar-refractivity contribution in [2.24, 2.45) is 40.4 Å². The summed E-state index contributed by atoms with van der Waals surface area (Å²) in [5.41, 5.74) is 0.327. The molecule has 4 aliphatic carbocycles. The summed E-state index contributed by atoms with van der Waals surface area (Å²) in [4.78, 5) is 28.2. The molecule has 3 nitrogen and oxygen atoms in total. The van der Waals surface area contributed by atoms with Gasteiger partial charge in [0, 0.05) is 31.3 Å². The first-order valence-electron chi connectivity index (χ1n) is 13.3. The number of rotatable bonds is 4. The number of likely N-dealkylation sites (tertiary alicyclic amines) is 1. The molecule has 1 heterocycles. The molecule has 7 atom stereocenters. The first-order valence-corrected chi connectivity index (χ1v) is 13.3. The number of hydrogen-bond acceptors (Lipinski definition) is 2. The minimum atomic E-state index is -0.101. The topological polar surface area (TPSA) is 37.4 Å². The van der Waals surface area contributed by atoms with Gasteiger partial charge in [-0.2, -0.15) is 0 Å². The highest BCUT2D eigenvalue weighted by molar-refractivity contribution is 5.87. The summed E-state index contributed by atoms with van der Waals surface area (Å²) in [6.07, 6.45) is 16.8. The van der Waals surface area contributed by atoms with Crippen LogP contribution in [0.25, 0.3) is 0 Å². The second-order valence-electron chi connectivity index (χ2n) is 12.1. The highest BCUT2D eigenvalue weighted by Crippen LogP contribution is 2.66. The van der Waals surface area contributed by atoms with Crippen molar-refractivity contribution in [3.8, 4) is 0 Å². The Kier molecular flexibility index (Phi) is 5.55. The second-order valence-corrected chi connectivity index (χ2v) is 12.1. The smallest absolute Gasteiger partial charge is 0.222 e. The van der Waals surface area contributed by atoms with Crippen LogP contribution in [0.3, 0.4) is 0 Å². The normalized spacial score (nSPS) is 45.7. The molecular weight excluding hydrogens is 370 g/mol. The van der Waals surface area contributed by atoms with Crippen molar-refractivity contribution in [2.75, 3.05) is 13.1 Å². The largest absolute Gasteiger partial charge is 0.343 e. The van der Waals surface area contributed by atoms with Gasteiger partial charge < -0.3 is 4.90 Å². The van der Waals surface area contributed by atoms with Crippen molar-refractivity contribution < 1.29 is 9.59 Å². The molecule has 30 heavy (non-hydrogen) atoms. The zero-order valence-corrected chi connectivity index (χ0v) is 19.5. The highest BCUT2D eigenvalue weighted by atomic mass is 16.2. The minimum absolute atomic E-state index is 0.101. The first-order chi connectivity index (χ1) is 14.4.